The Morgan fingerprint density at radius 2 is 1.78 bits per heavy atom. The molecular weight excluding hydrogens is 400 g/mol. The van der Waals surface area contributed by atoms with Gasteiger partial charge in [-0.05, 0) is 85.9 Å². The molecule has 1 aliphatic carbocycles. The molecule has 1 amide bonds. The largest absolute Gasteiger partial charge is 0.493 e. The van der Waals surface area contributed by atoms with Crippen LogP contribution < -0.4 is 14.8 Å². The van der Waals surface area contributed by atoms with Gasteiger partial charge in [0.05, 0.1) is 14.2 Å². The average Bonchev–Trinajstić information content (AvgIpc) is 2.84. The lowest BCUT2D eigenvalue weighted by Gasteiger charge is -2.33. The number of nitrogens with zero attached hydrogens (tertiary/aromatic N) is 1. The lowest BCUT2D eigenvalue weighted by Crippen LogP contribution is -2.32. The van der Waals surface area contributed by atoms with Crippen molar-refractivity contribution in [3.8, 4) is 11.5 Å². The Labute approximate surface area is 191 Å². The molecule has 1 N–H and O–H groups in total. The smallest absolute Gasteiger partial charge is 0.255 e. The lowest BCUT2D eigenvalue weighted by molar-refractivity contribution is -0.122. The van der Waals surface area contributed by atoms with Crippen molar-refractivity contribution in [2.24, 2.45) is 11.8 Å². The van der Waals surface area contributed by atoms with Crippen LogP contribution in [0.5, 0.6) is 11.5 Å². The number of fused-ring (bicyclic) bond motifs is 1. The molecule has 0 radical (unpaired) electrons. The van der Waals surface area contributed by atoms with Gasteiger partial charge in [-0.1, -0.05) is 25.1 Å². The molecule has 5 nitrogen and oxygen atoms in total. The molecular formula is C27H34N2O3. The van der Waals surface area contributed by atoms with E-state index in [1.165, 1.54) is 18.4 Å². The van der Waals surface area contributed by atoms with Crippen LogP contribution in [0.3, 0.4) is 0 Å². The molecule has 170 valence electrons. The molecule has 5 heteroatoms. The van der Waals surface area contributed by atoms with Crippen molar-refractivity contribution in [2.45, 2.75) is 45.1 Å². The number of carbonyl (C=O) groups is 1. The minimum Gasteiger partial charge on any atom is -0.493 e. The second-order valence-corrected chi connectivity index (χ2v) is 8.94. The number of benzene rings is 1. The van der Waals surface area contributed by atoms with E-state index in [9.17, 15) is 4.79 Å². The summed E-state index contributed by atoms with van der Waals surface area (Å²) in [5.41, 5.74) is 4.24. The van der Waals surface area contributed by atoms with E-state index >= 15 is 0 Å². The highest BCUT2D eigenvalue weighted by Crippen LogP contribution is 2.37. The maximum atomic E-state index is 13.4. The highest BCUT2D eigenvalue weighted by molar-refractivity contribution is 5.98. The minimum atomic E-state index is -0.00153. The summed E-state index contributed by atoms with van der Waals surface area (Å²) in [5.74, 6) is 2.08. The first kappa shape index (κ1) is 22.4. The fourth-order valence-corrected chi connectivity index (χ4v) is 5.00. The summed E-state index contributed by atoms with van der Waals surface area (Å²) in [6, 6.07) is 6.47. The van der Waals surface area contributed by atoms with E-state index < -0.39 is 0 Å². The first-order chi connectivity index (χ1) is 15.5. The van der Waals surface area contributed by atoms with Crippen LogP contribution in [0.4, 0.5) is 0 Å². The van der Waals surface area contributed by atoms with Gasteiger partial charge in [0.15, 0.2) is 11.5 Å². The Morgan fingerprint density at radius 3 is 2.47 bits per heavy atom. The van der Waals surface area contributed by atoms with Gasteiger partial charge in [0.25, 0.3) is 5.91 Å². The van der Waals surface area contributed by atoms with Crippen molar-refractivity contribution in [3.05, 3.63) is 65.5 Å². The van der Waals surface area contributed by atoms with E-state index in [2.05, 4.69) is 36.7 Å². The first-order valence-electron chi connectivity index (χ1n) is 11.6. The van der Waals surface area contributed by atoms with E-state index in [1.54, 1.807) is 20.3 Å². The molecule has 1 fully saturated rings. The van der Waals surface area contributed by atoms with Crippen LogP contribution in [-0.4, -0.2) is 38.1 Å². The highest BCUT2D eigenvalue weighted by atomic mass is 16.5. The summed E-state index contributed by atoms with van der Waals surface area (Å²) in [5, 5.41) is 3.40. The van der Waals surface area contributed by atoms with Crippen molar-refractivity contribution < 1.29 is 14.3 Å². The summed E-state index contributed by atoms with van der Waals surface area (Å²) in [7, 11) is 5.31. The van der Waals surface area contributed by atoms with Crippen molar-refractivity contribution in [1.82, 2.24) is 10.2 Å². The summed E-state index contributed by atoms with van der Waals surface area (Å²) < 4.78 is 10.9. The second kappa shape index (κ2) is 9.78. The number of hydrogen-bond donors (Lipinski definition) is 1. The van der Waals surface area contributed by atoms with Gasteiger partial charge in [-0.25, -0.2) is 0 Å². The zero-order valence-electron chi connectivity index (χ0n) is 19.6. The van der Waals surface area contributed by atoms with Crippen LogP contribution in [-0.2, 0) is 4.79 Å². The van der Waals surface area contributed by atoms with Gasteiger partial charge in [0, 0.05) is 24.0 Å². The number of carbonyl (C=O) groups excluding carboxylic acids is 1. The molecule has 2 aliphatic heterocycles. The maximum absolute atomic E-state index is 13.4. The lowest BCUT2D eigenvalue weighted by atomic mass is 9.81. The van der Waals surface area contributed by atoms with Crippen molar-refractivity contribution >= 4 is 11.5 Å². The van der Waals surface area contributed by atoms with Gasteiger partial charge in [0.1, 0.15) is 0 Å². The first-order valence-corrected chi connectivity index (χ1v) is 11.6. The zero-order valence-corrected chi connectivity index (χ0v) is 19.6. The average molecular weight is 435 g/mol. The Balaban J connectivity index is 1.61. The standard InChI is InChI=1S/C27H34N2O3/c1-18-5-12-23-13-8-21(19-6-10-22(28-2)11-7-19)17-29(23)27(30)16-24(18)20-9-14-25(31-3)26(15-20)32-4/h8-9,12-19,22,28H,5-7,10-11H2,1-4H3. The Kier molecular flexibility index (Phi) is 6.85. The molecule has 1 aromatic carbocycles. The fraction of sp³-hybridized carbons (Fsp3) is 0.444. The van der Waals surface area contributed by atoms with Gasteiger partial charge < -0.3 is 14.8 Å². The number of nitrogens with one attached hydrogen (secondary N) is 1. The van der Waals surface area contributed by atoms with E-state index in [-0.39, 0.29) is 11.8 Å². The quantitative estimate of drug-likeness (QED) is 0.703. The highest BCUT2D eigenvalue weighted by Gasteiger charge is 2.27. The number of rotatable bonds is 5. The van der Waals surface area contributed by atoms with Gasteiger partial charge >= 0.3 is 0 Å². The minimum absolute atomic E-state index is 0.00153. The summed E-state index contributed by atoms with van der Waals surface area (Å²) in [6.07, 6.45) is 15.9. The number of allylic oxidation sites excluding steroid dienone is 5. The predicted molar refractivity (Wildman–Crippen MR) is 128 cm³/mol. The molecule has 0 saturated heterocycles. The number of ether oxygens (including phenoxy) is 2. The molecule has 0 aromatic heterocycles. The molecule has 1 aromatic rings. The number of methoxy groups -OCH3 is 2. The molecule has 4 rings (SSSR count). The molecule has 32 heavy (non-hydrogen) atoms. The second-order valence-electron chi connectivity index (χ2n) is 8.94. The van der Waals surface area contributed by atoms with Crippen LogP contribution in [0.15, 0.2) is 60.0 Å². The van der Waals surface area contributed by atoms with Crippen molar-refractivity contribution in [2.75, 3.05) is 21.3 Å². The number of hydrogen-bond acceptors (Lipinski definition) is 4. The van der Waals surface area contributed by atoms with Gasteiger partial charge in [-0.2, -0.15) is 0 Å². The molecule has 2 heterocycles. The van der Waals surface area contributed by atoms with Crippen LogP contribution in [0.1, 0.15) is 44.6 Å². The fourth-order valence-electron chi connectivity index (χ4n) is 5.00. The summed E-state index contributed by atoms with van der Waals surface area (Å²) >= 11 is 0. The topological polar surface area (TPSA) is 50.8 Å². The third kappa shape index (κ3) is 4.53. The monoisotopic (exact) mass is 434 g/mol. The Morgan fingerprint density at radius 1 is 1.03 bits per heavy atom. The zero-order chi connectivity index (χ0) is 22.7. The van der Waals surface area contributed by atoms with E-state index in [0.717, 1.165) is 36.1 Å². The molecule has 3 aliphatic rings. The molecule has 1 unspecified atom stereocenters. The van der Waals surface area contributed by atoms with E-state index in [1.807, 2.05) is 30.1 Å². The predicted octanol–water partition coefficient (Wildman–Crippen LogP) is 5.07. The number of amides is 1. The maximum Gasteiger partial charge on any atom is 0.255 e. The van der Waals surface area contributed by atoms with Gasteiger partial charge in [0.2, 0.25) is 0 Å². The van der Waals surface area contributed by atoms with Crippen molar-refractivity contribution in [1.29, 1.82) is 0 Å². The molecule has 0 spiro atoms. The normalized spacial score (nSPS) is 25.8. The molecule has 0 bridgehead atoms. The third-order valence-electron chi connectivity index (χ3n) is 7.05. The summed E-state index contributed by atoms with van der Waals surface area (Å²) in [6.45, 7) is 2.16. The Hall–Kier alpha value is -2.79. The van der Waals surface area contributed by atoms with Crippen LogP contribution in [0, 0.1) is 11.8 Å². The van der Waals surface area contributed by atoms with Crippen molar-refractivity contribution in [3.63, 3.8) is 0 Å². The van der Waals surface area contributed by atoms with Crippen LogP contribution in [0.2, 0.25) is 0 Å². The van der Waals surface area contributed by atoms with E-state index in [4.69, 9.17) is 9.47 Å². The summed E-state index contributed by atoms with van der Waals surface area (Å²) in [4.78, 5) is 15.2. The molecule has 1 atom stereocenters. The molecule has 1 saturated carbocycles. The SMILES string of the molecule is CNC1CCC(C2=CN3C(=O)C=C(c4ccc(OC)c(OC)c4)C(C)CC=C3C=C2)CC1. The third-order valence-corrected chi connectivity index (χ3v) is 7.05. The van der Waals surface area contributed by atoms with Gasteiger partial charge in [-0.15, -0.1) is 0 Å². The van der Waals surface area contributed by atoms with Crippen LogP contribution >= 0.6 is 0 Å². The van der Waals surface area contributed by atoms with E-state index in [0.29, 0.717) is 23.5 Å². The van der Waals surface area contributed by atoms with Gasteiger partial charge in [-0.3, -0.25) is 9.69 Å². The van der Waals surface area contributed by atoms with Crippen LogP contribution in [0.25, 0.3) is 5.57 Å². The Bertz CT molecular complexity index is 981.